The molecule has 10 heteroatoms. The fourth-order valence-electron chi connectivity index (χ4n) is 1.38. The molecule has 0 nitrogen and oxygen atoms in total. The van der Waals surface area contributed by atoms with Gasteiger partial charge in [-0.1, -0.05) is 128 Å². The Morgan fingerprint density at radius 2 is 1.10 bits per heavy atom. The van der Waals surface area contributed by atoms with Crippen LogP contribution in [0.2, 0.25) is 0 Å². The third-order valence-corrected chi connectivity index (χ3v) is 7.36. The van der Waals surface area contributed by atoms with E-state index < -0.39 is 16.3 Å². The highest BCUT2D eigenvalue weighted by Crippen LogP contribution is 2.56. The van der Waals surface area contributed by atoms with E-state index in [2.05, 4.69) is 6.92 Å². The van der Waals surface area contributed by atoms with Crippen LogP contribution in [-0.2, 0) is 8.67 Å². The van der Waals surface area contributed by atoms with Gasteiger partial charge in [-0.25, -0.2) is 0 Å². The molecular weight excluding hydrogens is 487 g/mol. The summed E-state index contributed by atoms with van der Waals surface area (Å²) >= 11 is 59.1. The van der Waals surface area contributed by atoms with Gasteiger partial charge in [0.2, 0.25) is 7.59 Å². The highest BCUT2D eigenvalue weighted by atomic mass is 35.6. The van der Waals surface area contributed by atoms with E-state index in [1.165, 1.54) is 18.2 Å². The fourth-order valence-corrected chi connectivity index (χ4v) is 2.60. The number of benzene rings is 1. The van der Waals surface area contributed by atoms with E-state index in [0.29, 0.717) is 5.56 Å². The van der Waals surface area contributed by atoms with Gasteiger partial charge >= 0.3 is 0 Å². The van der Waals surface area contributed by atoms with Gasteiger partial charge in [-0.2, -0.15) is 0 Å². The highest BCUT2D eigenvalue weighted by Gasteiger charge is 2.51. The predicted molar refractivity (Wildman–Crippen MR) is 98.2 cm³/mol. The van der Waals surface area contributed by atoms with Crippen molar-refractivity contribution in [1.82, 2.24) is 0 Å². The first-order valence-electron chi connectivity index (χ1n) is 4.98. The average molecular weight is 492 g/mol. The van der Waals surface area contributed by atoms with Crippen molar-refractivity contribution in [1.29, 1.82) is 0 Å². The van der Waals surface area contributed by atoms with E-state index in [1.807, 2.05) is 0 Å². The van der Waals surface area contributed by atoms with Crippen LogP contribution in [-0.4, -0.2) is 7.59 Å². The second kappa shape index (κ2) is 6.79. The van der Waals surface area contributed by atoms with Crippen molar-refractivity contribution in [3.63, 3.8) is 0 Å². The maximum Gasteiger partial charge on any atom is 0.227 e. The molecule has 0 spiro atoms. The minimum atomic E-state index is -2.04. The van der Waals surface area contributed by atoms with Gasteiger partial charge in [-0.05, 0) is 29.7 Å². The minimum Gasteiger partial charge on any atom is -0.0915 e. The molecule has 0 saturated heterocycles. The molecule has 0 bridgehead atoms. The normalized spacial score (nSPS) is 14.4. The molecule has 0 N–H and O–H groups in total. The van der Waals surface area contributed by atoms with E-state index in [-0.39, 0.29) is 11.1 Å². The lowest BCUT2D eigenvalue weighted by Crippen LogP contribution is -2.32. The van der Waals surface area contributed by atoms with Gasteiger partial charge in [-0.3, -0.25) is 0 Å². The molecule has 1 radical (unpaired) electrons. The summed E-state index contributed by atoms with van der Waals surface area (Å²) < 4.78 is -7.85. The average Bonchev–Trinajstić information content (AvgIpc) is 2.25. The molecule has 0 atom stereocenters. The molecule has 1 rings (SSSR count). The fraction of sp³-hybridized carbons (Fsp3) is 0.364. The summed E-state index contributed by atoms with van der Waals surface area (Å²) in [6, 6.07) is 4.37. The van der Waals surface area contributed by atoms with Crippen LogP contribution in [0, 0.1) is 6.92 Å². The van der Waals surface area contributed by atoms with E-state index in [1.54, 1.807) is 0 Å². The van der Waals surface area contributed by atoms with Crippen molar-refractivity contribution in [2.75, 3.05) is 0 Å². The van der Waals surface area contributed by atoms with Crippen LogP contribution in [0.25, 0.3) is 0 Å². The molecule has 0 aliphatic carbocycles. The zero-order valence-corrected chi connectivity index (χ0v) is 17.3. The first-order valence-corrected chi connectivity index (χ1v) is 8.76. The molecule has 0 fully saturated rings. The van der Waals surface area contributed by atoms with Crippen molar-refractivity contribution < 1.29 is 0 Å². The second-order valence-electron chi connectivity index (χ2n) is 4.02. The lowest BCUT2D eigenvalue weighted by Gasteiger charge is -2.32. The molecule has 0 aliphatic rings. The van der Waals surface area contributed by atoms with Crippen molar-refractivity contribution in [2.45, 2.75) is 16.3 Å². The third kappa shape index (κ3) is 4.40. The van der Waals surface area contributed by atoms with Gasteiger partial charge < -0.3 is 0 Å². The van der Waals surface area contributed by atoms with E-state index in [4.69, 9.17) is 116 Å². The van der Waals surface area contributed by atoms with E-state index in [0.717, 1.165) is 0 Å². The van der Waals surface area contributed by atoms with Gasteiger partial charge in [-0.15, -0.1) is 0 Å². The summed E-state index contributed by atoms with van der Waals surface area (Å²) in [6.07, 6.45) is 0. The lowest BCUT2D eigenvalue weighted by atomic mass is 10.0. The van der Waals surface area contributed by atoms with Gasteiger partial charge in [0, 0.05) is 0 Å². The van der Waals surface area contributed by atoms with Crippen LogP contribution in [0.3, 0.4) is 0 Å². The summed E-state index contributed by atoms with van der Waals surface area (Å²) in [4.78, 5) is 0. The summed E-state index contributed by atoms with van der Waals surface area (Å²) in [5.74, 6) is 0. The van der Waals surface area contributed by atoms with E-state index >= 15 is 0 Å². The number of alkyl halides is 10. The van der Waals surface area contributed by atoms with Crippen LogP contribution in [0.1, 0.15) is 16.7 Å². The monoisotopic (exact) mass is 487 g/mol. The molecule has 1 aromatic carbocycles. The molecular formula is C11H5Cl10. The van der Waals surface area contributed by atoms with Crippen LogP contribution in [0.4, 0.5) is 0 Å². The first kappa shape index (κ1) is 21.2. The maximum atomic E-state index is 6.12. The summed E-state index contributed by atoms with van der Waals surface area (Å²) in [5.41, 5.74) is 0.764. The zero-order chi connectivity index (χ0) is 16.9. The summed E-state index contributed by atoms with van der Waals surface area (Å²) in [5, 5.41) is 0. The van der Waals surface area contributed by atoms with Crippen LogP contribution < -0.4 is 0 Å². The summed E-state index contributed by atoms with van der Waals surface area (Å²) in [6.45, 7) is 3.76. The number of halogens is 10. The second-order valence-corrected chi connectivity index (χ2v) is 11.2. The largest absolute Gasteiger partial charge is 0.227 e. The topological polar surface area (TPSA) is 0 Å². The SMILES string of the molecule is [CH2]c1ccc(C(Cl)(Cl)C(Cl)(Cl)Cl)cc1C(Cl)(Cl)C(Cl)(Cl)Cl. The molecule has 0 heterocycles. The van der Waals surface area contributed by atoms with Crippen molar-refractivity contribution in [2.24, 2.45) is 0 Å². The predicted octanol–water partition coefficient (Wildman–Crippen LogP) is 7.87. The zero-order valence-electron chi connectivity index (χ0n) is 9.72. The molecule has 0 aliphatic heterocycles. The molecule has 0 saturated carbocycles. The van der Waals surface area contributed by atoms with Crippen LogP contribution in [0.5, 0.6) is 0 Å². The Labute approximate surface area is 172 Å². The van der Waals surface area contributed by atoms with E-state index in [9.17, 15) is 0 Å². The summed E-state index contributed by atoms with van der Waals surface area (Å²) in [7, 11) is 0. The molecule has 0 aromatic heterocycles. The number of hydrogen-bond acceptors (Lipinski definition) is 0. The molecule has 119 valence electrons. The van der Waals surface area contributed by atoms with Gasteiger partial charge in [0.25, 0.3) is 0 Å². The van der Waals surface area contributed by atoms with Crippen molar-refractivity contribution >= 4 is 116 Å². The van der Waals surface area contributed by atoms with Crippen LogP contribution in [0.15, 0.2) is 18.2 Å². The quantitative estimate of drug-likeness (QED) is 0.369. The van der Waals surface area contributed by atoms with Crippen LogP contribution >= 0.6 is 116 Å². The Bertz CT molecular complexity index is 523. The highest BCUT2D eigenvalue weighted by molar-refractivity contribution is 6.76. The van der Waals surface area contributed by atoms with Crippen molar-refractivity contribution in [3.05, 3.63) is 41.8 Å². The molecule has 0 unspecified atom stereocenters. The molecule has 21 heavy (non-hydrogen) atoms. The number of hydrogen-bond donors (Lipinski definition) is 0. The third-order valence-electron chi connectivity index (χ3n) is 2.52. The Hall–Kier alpha value is 2.12. The Balaban J connectivity index is 3.50. The lowest BCUT2D eigenvalue weighted by molar-refractivity contribution is 0.841. The van der Waals surface area contributed by atoms with Gasteiger partial charge in [0.05, 0.1) is 0 Å². The molecule has 0 amide bonds. The Kier molecular flexibility index (Phi) is 6.84. The van der Waals surface area contributed by atoms with Crippen molar-refractivity contribution in [3.8, 4) is 0 Å². The van der Waals surface area contributed by atoms with Gasteiger partial charge in [0.1, 0.15) is 0 Å². The smallest absolute Gasteiger partial charge is 0.0915 e. The number of rotatable bonds is 2. The minimum absolute atomic E-state index is 0.170. The first-order chi connectivity index (χ1) is 9.12. The maximum absolute atomic E-state index is 6.12. The molecule has 1 aromatic rings. The standard InChI is InChI=1S/C11H5Cl10/c1-5-2-3-6(8(12,13)10(16,17)18)4-7(5)9(14,15)11(19,20)21/h2-4H,1H2. The van der Waals surface area contributed by atoms with Gasteiger partial charge in [0.15, 0.2) is 8.67 Å². The Morgan fingerprint density at radius 1 is 0.667 bits per heavy atom. The Morgan fingerprint density at radius 3 is 1.48 bits per heavy atom.